The first kappa shape index (κ1) is 14.0. The Bertz CT molecular complexity index is 610. The van der Waals surface area contributed by atoms with Crippen LogP contribution in [0.3, 0.4) is 0 Å². The summed E-state index contributed by atoms with van der Waals surface area (Å²) in [6.07, 6.45) is 0.0349. The molecular formula is C11H10F3NO3S. The highest BCUT2D eigenvalue weighted by Crippen LogP contribution is 2.32. The maximum atomic E-state index is 12.3. The van der Waals surface area contributed by atoms with Gasteiger partial charge >= 0.3 is 15.5 Å². The van der Waals surface area contributed by atoms with Crippen molar-refractivity contribution in [2.45, 2.75) is 24.4 Å². The van der Waals surface area contributed by atoms with Gasteiger partial charge in [0.05, 0.1) is 0 Å². The van der Waals surface area contributed by atoms with Crippen molar-refractivity contribution < 1.29 is 26.4 Å². The Morgan fingerprint density at radius 1 is 1.21 bits per heavy atom. The predicted octanol–water partition coefficient (Wildman–Crippen LogP) is 2.14. The maximum Gasteiger partial charge on any atom is 0.511 e. The summed E-state index contributed by atoms with van der Waals surface area (Å²) in [5.41, 5.74) is -4.81. The number of sulfonamides is 1. The number of rotatable bonds is 2. The van der Waals surface area contributed by atoms with E-state index in [1.54, 1.807) is 16.9 Å². The average molecular weight is 293 g/mol. The van der Waals surface area contributed by atoms with Gasteiger partial charge in [-0.1, -0.05) is 24.3 Å². The summed E-state index contributed by atoms with van der Waals surface area (Å²) in [6, 6.07) is 5.03. The molecule has 0 aliphatic heterocycles. The van der Waals surface area contributed by atoms with Crippen LogP contribution in [0, 0.1) is 0 Å². The van der Waals surface area contributed by atoms with Gasteiger partial charge < -0.3 is 0 Å². The number of fused-ring (bicyclic) bond motifs is 1. The minimum atomic E-state index is -5.42. The van der Waals surface area contributed by atoms with E-state index in [0.29, 0.717) is 0 Å². The number of Topliss-reactive ketones (excluding diaryl/α,β-unsaturated/α-hetero) is 1. The predicted molar refractivity (Wildman–Crippen MR) is 60.9 cm³/mol. The normalized spacial score (nSPS) is 20.2. The first-order valence-electron chi connectivity index (χ1n) is 5.43. The molecule has 0 amide bonds. The van der Waals surface area contributed by atoms with Crippen molar-refractivity contribution >= 4 is 15.8 Å². The standard InChI is InChI=1S/C11H10F3NO3S/c12-11(13,14)19(17,18)15-9-5-6-10(16)8-4-2-1-3-7(8)9/h1-4,9,15H,5-6H2. The van der Waals surface area contributed by atoms with E-state index in [2.05, 4.69) is 0 Å². The highest BCUT2D eigenvalue weighted by Gasteiger charge is 2.47. The van der Waals surface area contributed by atoms with Gasteiger partial charge in [0.2, 0.25) is 0 Å². The van der Waals surface area contributed by atoms with Gasteiger partial charge in [0.25, 0.3) is 0 Å². The minimum absolute atomic E-state index is 0.0159. The average Bonchev–Trinajstić information content (AvgIpc) is 2.32. The molecule has 4 nitrogen and oxygen atoms in total. The van der Waals surface area contributed by atoms with Crippen molar-refractivity contribution in [1.82, 2.24) is 4.72 Å². The number of hydrogen-bond acceptors (Lipinski definition) is 3. The third-order valence-electron chi connectivity index (χ3n) is 2.90. The number of hydrogen-bond donors (Lipinski definition) is 1. The number of ketones is 1. The lowest BCUT2D eigenvalue weighted by molar-refractivity contribution is -0.0451. The number of nitrogens with one attached hydrogen (secondary N) is 1. The first-order chi connectivity index (χ1) is 8.72. The zero-order valence-corrected chi connectivity index (χ0v) is 10.4. The highest BCUT2D eigenvalue weighted by molar-refractivity contribution is 7.90. The zero-order valence-electron chi connectivity index (χ0n) is 9.57. The van der Waals surface area contributed by atoms with E-state index >= 15 is 0 Å². The molecule has 1 aliphatic carbocycles. The van der Waals surface area contributed by atoms with Crippen molar-refractivity contribution in [2.24, 2.45) is 0 Å². The number of benzene rings is 1. The van der Waals surface area contributed by atoms with Gasteiger partial charge in [-0.25, -0.2) is 8.42 Å². The molecule has 1 N–H and O–H groups in total. The van der Waals surface area contributed by atoms with Crippen LogP contribution in [0.1, 0.15) is 34.8 Å². The van der Waals surface area contributed by atoms with Crippen LogP contribution in [0.25, 0.3) is 0 Å². The number of alkyl halides is 3. The van der Waals surface area contributed by atoms with Crippen molar-refractivity contribution in [3.05, 3.63) is 35.4 Å². The summed E-state index contributed by atoms with van der Waals surface area (Å²) < 4.78 is 60.8. The lowest BCUT2D eigenvalue weighted by Gasteiger charge is -2.25. The van der Waals surface area contributed by atoms with Gasteiger partial charge in [0, 0.05) is 18.0 Å². The van der Waals surface area contributed by atoms with E-state index in [1.165, 1.54) is 12.1 Å². The molecule has 0 saturated carbocycles. The van der Waals surface area contributed by atoms with E-state index < -0.39 is 21.6 Å². The van der Waals surface area contributed by atoms with Crippen LogP contribution in [0.15, 0.2) is 24.3 Å². The molecule has 8 heteroatoms. The van der Waals surface area contributed by atoms with Crippen molar-refractivity contribution in [3.8, 4) is 0 Å². The molecule has 0 radical (unpaired) electrons. The Hall–Kier alpha value is -1.41. The topological polar surface area (TPSA) is 63.2 Å². The van der Waals surface area contributed by atoms with Crippen molar-refractivity contribution in [2.75, 3.05) is 0 Å². The number of halogens is 3. The third-order valence-corrected chi connectivity index (χ3v) is 4.10. The molecule has 2 rings (SSSR count). The molecule has 19 heavy (non-hydrogen) atoms. The lowest BCUT2D eigenvalue weighted by Crippen LogP contribution is -2.40. The summed E-state index contributed by atoms with van der Waals surface area (Å²) in [5.74, 6) is -0.196. The Kier molecular flexibility index (Phi) is 3.40. The summed E-state index contributed by atoms with van der Waals surface area (Å²) in [4.78, 5) is 11.6. The van der Waals surface area contributed by atoms with Crippen LogP contribution < -0.4 is 4.72 Å². The van der Waals surface area contributed by atoms with Crippen LogP contribution in [-0.4, -0.2) is 19.7 Å². The fraction of sp³-hybridized carbons (Fsp3) is 0.364. The van der Waals surface area contributed by atoms with E-state index in [4.69, 9.17) is 0 Å². The zero-order chi connectivity index (χ0) is 14.3. The Balaban J connectivity index is 2.35. The van der Waals surface area contributed by atoms with E-state index in [9.17, 15) is 26.4 Å². The second-order valence-electron chi connectivity index (χ2n) is 4.17. The Labute approximate surface area is 107 Å². The highest BCUT2D eigenvalue weighted by atomic mass is 32.2. The number of carbonyl (C=O) groups is 1. The Morgan fingerprint density at radius 2 is 1.84 bits per heavy atom. The van der Waals surface area contributed by atoms with Crippen LogP contribution in [0.2, 0.25) is 0 Å². The fourth-order valence-electron chi connectivity index (χ4n) is 2.00. The molecule has 0 heterocycles. The molecule has 1 atom stereocenters. The second-order valence-corrected chi connectivity index (χ2v) is 5.87. The molecule has 104 valence electrons. The van der Waals surface area contributed by atoms with Gasteiger partial charge in [-0.15, -0.1) is 0 Å². The van der Waals surface area contributed by atoms with Gasteiger partial charge in [-0.3, -0.25) is 4.79 Å². The van der Waals surface area contributed by atoms with E-state index in [-0.39, 0.29) is 29.8 Å². The third kappa shape index (κ3) is 2.64. The molecule has 1 aromatic rings. The quantitative estimate of drug-likeness (QED) is 0.908. The fourth-order valence-corrected chi connectivity index (χ4v) is 2.75. The van der Waals surface area contributed by atoms with Crippen LogP contribution in [0.5, 0.6) is 0 Å². The van der Waals surface area contributed by atoms with Gasteiger partial charge in [-0.2, -0.15) is 17.9 Å². The van der Waals surface area contributed by atoms with Crippen LogP contribution in [0.4, 0.5) is 13.2 Å². The molecule has 1 aliphatic rings. The minimum Gasteiger partial charge on any atom is -0.294 e. The summed E-state index contributed by atoms with van der Waals surface area (Å²) in [5, 5.41) is 0. The van der Waals surface area contributed by atoms with Crippen molar-refractivity contribution in [1.29, 1.82) is 0 Å². The summed E-state index contributed by atoms with van der Waals surface area (Å²) >= 11 is 0. The Morgan fingerprint density at radius 3 is 2.47 bits per heavy atom. The first-order valence-corrected chi connectivity index (χ1v) is 6.91. The molecule has 0 spiro atoms. The van der Waals surface area contributed by atoms with Crippen LogP contribution >= 0.6 is 0 Å². The summed E-state index contributed by atoms with van der Waals surface area (Å²) in [7, 11) is -5.42. The SMILES string of the molecule is O=C1CCC(NS(=O)(=O)C(F)(F)F)c2ccccc21. The maximum absolute atomic E-state index is 12.3. The van der Waals surface area contributed by atoms with Gasteiger partial charge in [0.15, 0.2) is 5.78 Å². The van der Waals surface area contributed by atoms with Gasteiger partial charge in [0.1, 0.15) is 0 Å². The van der Waals surface area contributed by atoms with E-state index in [0.717, 1.165) is 0 Å². The molecular weight excluding hydrogens is 283 g/mol. The van der Waals surface area contributed by atoms with Crippen LogP contribution in [-0.2, 0) is 10.0 Å². The molecule has 1 aromatic carbocycles. The smallest absolute Gasteiger partial charge is 0.294 e. The molecule has 0 saturated heterocycles. The second kappa shape index (κ2) is 4.61. The van der Waals surface area contributed by atoms with E-state index in [1.807, 2.05) is 0 Å². The largest absolute Gasteiger partial charge is 0.511 e. The molecule has 1 unspecified atom stereocenters. The summed E-state index contributed by atoms with van der Waals surface area (Å²) in [6.45, 7) is 0. The molecule has 0 aromatic heterocycles. The lowest BCUT2D eigenvalue weighted by atomic mass is 9.87. The van der Waals surface area contributed by atoms with Crippen molar-refractivity contribution in [3.63, 3.8) is 0 Å². The number of carbonyl (C=O) groups excluding carboxylic acids is 1. The molecule has 0 fully saturated rings. The molecule has 0 bridgehead atoms. The monoisotopic (exact) mass is 293 g/mol. The van der Waals surface area contributed by atoms with Gasteiger partial charge in [-0.05, 0) is 12.0 Å².